The van der Waals surface area contributed by atoms with E-state index in [1.807, 2.05) is 0 Å². The number of ether oxygens (including phenoxy) is 1. The van der Waals surface area contributed by atoms with E-state index in [-0.39, 0.29) is 0 Å². The molecule has 1 aliphatic rings. The first-order valence-corrected chi connectivity index (χ1v) is 5.46. The van der Waals surface area contributed by atoms with Gasteiger partial charge >= 0.3 is 0 Å². The van der Waals surface area contributed by atoms with Gasteiger partial charge < -0.3 is 4.74 Å². The van der Waals surface area contributed by atoms with Gasteiger partial charge in [-0.25, -0.2) is 0 Å². The molecule has 0 aromatic heterocycles. The molecule has 0 spiro atoms. The second-order valence-electron chi connectivity index (χ2n) is 3.82. The second kappa shape index (κ2) is 6.14. The van der Waals surface area contributed by atoms with Crippen LogP contribution in [-0.2, 0) is 9.53 Å². The van der Waals surface area contributed by atoms with Crippen molar-refractivity contribution in [1.29, 1.82) is 0 Å². The Morgan fingerprint density at radius 3 is 2.62 bits per heavy atom. The van der Waals surface area contributed by atoms with E-state index in [4.69, 9.17) is 4.74 Å². The highest BCUT2D eigenvalue weighted by atomic mass is 16.5. The van der Waals surface area contributed by atoms with Gasteiger partial charge in [0.05, 0.1) is 6.10 Å². The highest BCUT2D eigenvalue weighted by Gasteiger charge is 2.18. The highest BCUT2D eigenvalue weighted by molar-refractivity contribution is 5.79. The summed E-state index contributed by atoms with van der Waals surface area (Å²) in [6.07, 6.45) is 7.40. The number of carbonyl (C=O) groups excluding carboxylic acids is 1. The molecule has 1 aliphatic carbocycles. The zero-order valence-corrected chi connectivity index (χ0v) is 8.55. The van der Waals surface area contributed by atoms with Crippen LogP contribution in [-0.4, -0.2) is 18.5 Å². The third kappa shape index (κ3) is 4.41. The van der Waals surface area contributed by atoms with E-state index in [9.17, 15) is 4.79 Å². The monoisotopic (exact) mass is 184 g/mol. The largest absolute Gasteiger partial charge is 0.378 e. The summed E-state index contributed by atoms with van der Waals surface area (Å²) in [6.45, 7) is 3.08. The molecule has 0 radical (unpaired) electrons. The Morgan fingerprint density at radius 2 is 2.00 bits per heavy atom. The van der Waals surface area contributed by atoms with Crippen molar-refractivity contribution < 1.29 is 9.53 Å². The first-order valence-electron chi connectivity index (χ1n) is 5.46. The lowest BCUT2D eigenvalue weighted by Crippen LogP contribution is -2.21. The Kier molecular flexibility index (Phi) is 5.06. The maximum absolute atomic E-state index is 10.9. The van der Waals surface area contributed by atoms with Gasteiger partial charge in [-0.3, -0.25) is 4.79 Å². The predicted octanol–water partition coefficient (Wildman–Crippen LogP) is 2.70. The molecule has 0 N–H and O–H groups in total. The van der Waals surface area contributed by atoms with Crippen LogP contribution in [0.2, 0.25) is 0 Å². The number of rotatable bonds is 5. The molecule has 0 unspecified atom stereocenters. The Hall–Kier alpha value is -0.370. The molecular weight excluding hydrogens is 164 g/mol. The van der Waals surface area contributed by atoms with E-state index in [0.29, 0.717) is 11.9 Å². The smallest absolute Gasteiger partial charge is 0.133 e. The van der Waals surface area contributed by atoms with Crippen molar-refractivity contribution in [3.05, 3.63) is 0 Å². The summed E-state index contributed by atoms with van der Waals surface area (Å²) in [5, 5.41) is 0. The van der Waals surface area contributed by atoms with Gasteiger partial charge in [0, 0.05) is 19.4 Å². The van der Waals surface area contributed by atoms with Gasteiger partial charge in [-0.05, 0) is 19.3 Å². The van der Waals surface area contributed by atoms with E-state index < -0.39 is 0 Å². The van der Waals surface area contributed by atoms with Crippen molar-refractivity contribution in [2.24, 2.45) is 0 Å². The van der Waals surface area contributed by atoms with Gasteiger partial charge in [0.15, 0.2) is 0 Å². The second-order valence-corrected chi connectivity index (χ2v) is 3.82. The van der Waals surface area contributed by atoms with Gasteiger partial charge in [0.2, 0.25) is 0 Å². The number of hydrogen-bond acceptors (Lipinski definition) is 2. The predicted molar refractivity (Wildman–Crippen MR) is 52.7 cm³/mol. The van der Waals surface area contributed by atoms with Gasteiger partial charge in [-0.2, -0.15) is 0 Å². The van der Waals surface area contributed by atoms with Crippen LogP contribution < -0.4 is 0 Å². The van der Waals surface area contributed by atoms with E-state index in [1.54, 1.807) is 0 Å². The average molecular weight is 184 g/mol. The maximum Gasteiger partial charge on any atom is 0.133 e. The fourth-order valence-corrected chi connectivity index (χ4v) is 1.68. The Morgan fingerprint density at radius 1 is 1.31 bits per heavy atom. The molecule has 0 bridgehead atoms. The molecule has 1 saturated carbocycles. The van der Waals surface area contributed by atoms with Gasteiger partial charge in [-0.1, -0.05) is 19.8 Å². The summed E-state index contributed by atoms with van der Waals surface area (Å²) in [5.74, 6) is 0.411. The highest BCUT2D eigenvalue weighted by Crippen LogP contribution is 2.18. The van der Waals surface area contributed by atoms with Gasteiger partial charge in [-0.15, -0.1) is 0 Å². The third-order valence-electron chi connectivity index (χ3n) is 2.59. The summed E-state index contributed by atoms with van der Waals surface area (Å²) in [4.78, 5) is 10.9. The van der Waals surface area contributed by atoms with Gasteiger partial charge in [0.25, 0.3) is 0 Å². The standard InChI is InChI=1S/C11H20O2/c1-2-3-4-9-13-11-7-5-10(12)6-8-11/h11H,2-9H2,1H3. The molecule has 0 aliphatic heterocycles. The van der Waals surface area contributed by atoms with Crippen LogP contribution >= 0.6 is 0 Å². The zero-order chi connectivity index (χ0) is 9.52. The summed E-state index contributed by atoms with van der Waals surface area (Å²) >= 11 is 0. The van der Waals surface area contributed by atoms with Crippen molar-refractivity contribution in [2.45, 2.75) is 58.0 Å². The summed E-state index contributed by atoms with van der Waals surface area (Å²) in [5.41, 5.74) is 0. The van der Waals surface area contributed by atoms with E-state index in [0.717, 1.165) is 32.3 Å². The first kappa shape index (κ1) is 10.7. The topological polar surface area (TPSA) is 26.3 Å². The molecule has 0 saturated heterocycles. The van der Waals surface area contributed by atoms with Crippen LogP contribution in [0, 0.1) is 0 Å². The average Bonchev–Trinajstić information content (AvgIpc) is 2.15. The minimum Gasteiger partial charge on any atom is -0.378 e. The molecule has 0 aromatic rings. The minimum atomic E-state index is 0.370. The SMILES string of the molecule is CCCCCOC1CCC(=O)CC1. The molecule has 2 heteroatoms. The summed E-state index contributed by atoms with van der Waals surface area (Å²) in [7, 11) is 0. The number of hydrogen-bond donors (Lipinski definition) is 0. The van der Waals surface area contributed by atoms with E-state index in [2.05, 4.69) is 6.92 Å². The van der Waals surface area contributed by atoms with Gasteiger partial charge in [0.1, 0.15) is 5.78 Å². The first-order chi connectivity index (χ1) is 6.33. The molecule has 2 nitrogen and oxygen atoms in total. The fraction of sp³-hybridized carbons (Fsp3) is 0.909. The Bertz CT molecular complexity index is 144. The molecule has 0 amide bonds. The third-order valence-corrected chi connectivity index (χ3v) is 2.59. The molecule has 13 heavy (non-hydrogen) atoms. The number of Topliss-reactive ketones (excluding diaryl/α,β-unsaturated/α-hetero) is 1. The van der Waals surface area contributed by atoms with Crippen molar-refractivity contribution >= 4 is 5.78 Å². The van der Waals surface area contributed by atoms with E-state index in [1.165, 1.54) is 19.3 Å². The van der Waals surface area contributed by atoms with Crippen molar-refractivity contribution in [3.8, 4) is 0 Å². The number of unbranched alkanes of at least 4 members (excludes halogenated alkanes) is 2. The molecule has 1 fully saturated rings. The lowest BCUT2D eigenvalue weighted by atomic mass is 9.96. The van der Waals surface area contributed by atoms with Crippen LogP contribution in [0.3, 0.4) is 0 Å². The normalized spacial score (nSPS) is 19.3. The molecule has 0 heterocycles. The Labute approximate surface area is 80.7 Å². The quantitative estimate of drug-likeness (QED) is 0.614. The molecular formula is C11H20O2. The van der Waals surface area contributed by atoms with Crippen LogP contribution in [0.15, 0.2) is 0 Å². The summed E-state index contributed by atoms with van der Waals surface area (Å²) in [6, 6.07) is 0. The van der Waals surface area contributed by atoms with Crippen molar-refractivity contribution in [2.75, 3.05) is 6.61 Å². The number of ketones is 1. The Balaban J connectivity index is 1.99. The van der Waals surface area contributed by atoms with Crippen molar-refractivity contribution in [1.82, 2.24) is 0 Å². The molecule has 0 aromatic carbocycles. The fourth-order valence-electron chi connectivity index (χ4n) is 1.68. The lowest BCUT2D eigenvalue weighted by molar-refractivity contribution is -0.123. The lowest BCUT2D eigenvalue weighted by Gasteiger charge is -2.21. The molecule has 1 rings (SSSR count). The minimum absolute atomic E-state index is 0.370. The molecule has 0 atom stereocenters. The van der Waals surface area contributed by atoms with Crippen LogP contribution in [0.25, 0.3) is 0 Å². The van der Waals surface area contributed by atoms with Crippen LogP contribution in [0.1, 0.15) is 51.9 Å². The van der Waals surface area contributed by atoms with Crippen molar-refractivity contribution in [3.63, 3.8) is 0 Å². The van der Waals surface area contributed by atoms with Crippen LogP contribution in [0.4, 0.5) is 0 Å². The number of carbonyl (C=O) groups is 1. The molecule has 76 valence electrons. The summed E-state index contributed by atoms with van der Waals surface area (Å²) < 4.78 is 5.68. The van der Waals surface area contributed by atoms with Crippen LogP contribution in [0.5, 0.6) is 0 Å². The zero-order valence-electron chi connectivity index (χ0n) is 8.55. The van der Waals surface area contributed by atoms with E-state index >= 15 is 0 Å². The maximum atomic E-state index is 10.9.